The number of carboxylic acids is 2. The maximum atomic E-state index is 10.7. The number of carboxylic acid groups (broad SMARTS) is 2. The molecular weight excluding hydrogens is 512 g/mol. The second-order valence-electron chi connectivity index (χ2n) is 12.2. The summed E-state index contributed by atoms with van der Waals surface area (Å²) < 4.78 is 6.87. The molecule has 0 aliphatic carbocycles. The van der Waals surface area contributed by atoms with Crippen molar-refractivity contribution in [1.29, 1.82) is 0 Å². The van der Waals surface area contributed by atoms with E-state index < -0.39 is 11.9 Å². The van der Waals surface area contributed by atoms with Gasteiger partial charge < -0.3 is 14.9 Å². The maximum absolute atomic E-state index is 10.7. The molecule has 0 saturated carbocycles. The van der Waals surface area contributed by atoms with E-state index in [0.29, 0.717) is 25.0 Å². The zero-order valence-corrected chi connectivity index (χ0v) is 27.2. The van der Waals surface area contributed by atoms with Gasteiger partial charge in [0.25, 0.3) is 0 Å². The zero-order valence-electron chi connectivity index (χ0n) is 27.2. The molecular formula is C36H68O5. The largest absolute Gasteiger partial charge is 0.481 e. The molecule has 0 radical (unpaired) electrons. The van der Waals surface area contributed by atoms with Crippen LogP contribution in [0.5, 0.6) is 0 Å². The molecule has 5 nitrogen and oxygen atoms in total. The molecule has 0 saturated heterocycles. The lowest BCUT2D eigenvalue weighted by Crippen LogP contribution is -2.22. The van der Waals surface area contributed by atoms with Crippen molar-refractivity contribution in [3.8, 4) is 0 Å². The first-order valence-corrected chi connectivity index (χ1v) is 17.7. The SMILES string of the molecule is CCCCCC=CCC(CCCCCCCCC(=O)O)OC(CCCCCCCC)CCCCCCCCC(=O)O. The molecule has 0 aromatic heterocycles. The van der Waals surface area contributed by atoms with Crippen LogP contribution < -0.4 is 0 Å². The molecule has 2 N–H and O–H groups in total. The van der Waals surface area contributed by atoms with E-state index in [2.05, 4.69) is 26.0 Å². The minimum absolute atomic E-state index is 0.297. The molecule has 0 spiro atoms. The topological polar surface area (TPSA) is 83.8 Å². The number of hydrogen-bond acceptors (Lipinski definition) is 3. The third kappa shape index (κ3) is 31.4. The normalized spacial score (nSPS) is 13.1. The Morgan fingerprint density at radius 2 is 0.902 bits per heavy atom. The highest BCUT2D eigenvalue weighted by Gasteiger charge is 2.16. The number of ether oxygens (including phenoxy) is 1. The predicted molar refractivity (Wildman–Crippen MR) is 174 cm³/mol. The Morgan fingerprint density at radius 1 is 0.512 bits per heavy atom. The van der Waals surface area contributed by atoms with Gasteiger partial charge in [-0.15, -0.1) is 0 Å². The van der Waals surface area contributed by atoms with Gasteiger partial charge in [0.05, 0.1) is 12.2 Å². The molecule has 0 aromatic carbocycles. The number of rotatable bonds is 33. The van der Waals surface area contributed by atoms with Gasteiger partial charge in [-0.05, 0) is 51.4 Å². The Kier molecular flexibility index (Phi) is 30.5. The molecule has 0 amide bonds. The second-order valence-corrected chi connectivity index (χ2v) is 12.2. The van der Waals surface area contributed by atoms with Crippen molar-refractivity contribution in [2.24, 2.45) is 0 Å². The Balaban J connectivity index is 4.72. The van der Waals surface area contributed by atoms with Gasteiger partial charge in [-0.25, -0.2) is 0 Å². The summed E-state index contributed by atoms with van der Waals surface area (Å²) >= 11 is 0. The van der Waals surface area contributed by atoms with Crippen LogP contribution in [-0.2, 0) is 14.3 Å². The molecule has 242 valence electrons. The molecule has 0 heterocycles. The van der Waals surface area contributed by atoms with Crippen LogP contribution in [0.3, 0.4) is 0 Å². The van der Waals surface area contributed by atoms with E-state index in [-0.39, 0.29) is 0 Å². The Morgan fingerprint density at radius 3 is 1.37 bits per heavy atom. The van der Waals surface area contributed by atoms with Gasteiger partial charge in [-0.2, -0.15) is 0 Å². The molecule has 0 rings (SSSR count). The van der Waals surface area contributed by atoms with Crippen molar-refractivity contribution in [2.45, 2.75) is 206 Å². The summed E-state index contributed by atoms with van der Waals surface area (Å²) in [6.07, 6.45) is 36.4. The van der Waals surface area contributed by atoms with E-state index in [1.165, 1.54) is 109 Å². The van der Waals surface area contributed by atoms with E-state index in [0.717, 1.165) is 57.8 Å². The molecule has 0 fully saturated rings. The lowest BCUT2D eigenvalue weighted by molar-refractivity contribution is -0.138. The summed E-state index contributed by atoms with van der Waals surface area (Å²) in [5.74, 6) is -1.36. The molecule has 5 heteroatoms. The molecule has 41 heavy (non-hydrogen) atoms. The maximum Gasteiger partial charge on any atom is 0.303 e. The smallest absolute Gasteiger partial charge is 0.303 e. The van der Waals surface area contributed by atoms with Crippen LogP contribution in [0.15, 0.2) is 12.2 Å². The molecule has 0 bridgehead atoms. The number of carbonyl (C=O) groups is 2. The van der Waals surface area contributed by atoms with E-state index in [1.54, 1.807) is 0 Å². The Hall–Kier alpha value is -1.36. The number of allylic oxidation sites excluding steroid dienone is 1. The van der Waals surface area contributed by atoms with Crippen LogP contribution in [0.4, 0.5) is 0 Å². The van der Waals surface area contributed by atoms with Gasteiger partial charge in [-0.1, -0.05) is 142 Å². The summed E-state index contributed by atoms with van der Waals surface area (Å²) in [6.45, 7) is 4.52. The van der Waals surface area contributed by atoms with Crippen LogP contribution in [0.25, 0.3) is 0 Å². The summed E-state index contributed by atoms with van der Waals surface area (Å²) in [6, 6.07) is 0. The zero-order chi connectivity index (χ0) is 30.2. The van der Waals surface area contributed by atoms with Gasteiger partial charge in [0.15, 0.2) is 0 Å². The van der Waals surface area contributed by atoms with Crippen molar-refractivity contribution in [2.75, 3.05) is 0 Å². The molecule has 0 aliphatic rings. The quantitative estimate of drug-likeness (QED) is 0.0595. The average Bonchev–Trinajstić information content (AvgIpc) is 2.94. The number of aliphatic carboxylic acids is 2. The molecule has 0 aromatic rings. The predicted octanol–water partition coefficient (Wildman–Crippen LogP) is 11.4. The van der Waals surface area contributed by atoms with E-state index in [9.17, 15) is 9.59 Å². The van der Waals surface area contributed by atoms with Crippen LogP contribution in [-0.4, -0.2) is 34.4 Å². The van der Waals surface area contributed by atoms with Gasteiger partial charge in [-0.3, -0.25) is 9.59 Å². The summed E-state index contributed by atoms with van der Waals surface area (Å²) in [5.41, 5.74) is 0. The number of unbranched alkanes of at least 4 members (excludes halogenated alkanes) is 18. The molecule has 0 aliphatic heterocycles. The van der Waals surface area contributed by atoms with Gasteiger partial charge >= 0.3 is 11.9 Å². The third-order valence-corrected chi connectivity index (χ3v) is 8.14. The van der Waals surface area contributed by atoms with Crippen LogP contribution in [0.1, 0.15) is 194 Å². The minimum atomic E-state index is -0.681. The fraction of sp³-hybridized carbons (Fsp3) is 0.889. The first-order chi connectivity index (χ1) is 20.0. The van der Waals surface area contributed by atoms with Gasteiger partial charge in [0.2, 0.25) is 0 Å². The first-order valence-electron chi connectivity index (χ1n) is 17.7. The van der Waals surface area contributed by atoms with Crippen molar-refractivity contribution >= 4 is 11.9 Å². The fourth-order valence-electron chi connectivity index (χ4n) is 5.54. The summed E-state index contributed by atoms with van der Waals surface area (Å²) in [7, 11) is 0. The van der Waals surface area contributed by atoms with Crippen LogP contribution in [0.2, 0.25) is 0 Å². The Labute approximate surface area is 254 Å². The van der Waals surface area contributed by atoms with Crippen LogP contribution in [0, 0.1) is 0 Å². The van der Waals surface area contributed by atoms with Crippen molar-refractivity contribution < 1.29 is 24.5 Å². The van der Waals surface area contributed by atoms with E-state index in [4.69, 9.17) is 14.9 Å². The molecule has 2 atom stereocenters. The third-order valence-electron chi connectivity index (χ3n) is 8.14. The minimum Gasteiger partial charge on any atom is -0.481 e. The highest BCUT2D eigenvalue weighted by Crippen LogP contribution is 2.22. The van der Waals surface area contributed by atoms with E-state index in [1.807, 2.05) is 0 Å². The number of hydrogen-bond donors (Lipinski definition) is 2. The Bertz CT molecular complexity index is 603. The van der Waals surface area contributed by atoms with Crippen molar-refractivity contribution in [1.82, 2.24) is 0 Å². The lowest BCUT2D eigenvalue weighted by atomic mass is 10.0. The van der Waals surface area contributed by atoms with Crippen molar-refractivity contribution in [3.05, 3.63) is 12.2 Å². The second kappa shape index (κ2) is 31.6. The van der Waals surface area contributed by atoms with Crippen LogP contribution >= 0.6 is 0 Å². The standard InChI is InChI=1S/C36H68O5/c1-3-5-7-9-15-21-27-33(29-23-17-11-13-19-25-31-35(37)38)41-34(28-22-16-10-8-6-4-2)30-24-18-12-14-20-26-32-36(39)40/h15,21,33-34H,3-14,16-20,22-32H2,1-2H3,(H,37,38)(H,39,40). The van der Waals surface area contributed by atoms with Gasteiger partial charge in [0.1, 0.15) is 0 Å². The average molecular weight is 581 g/mol. The van der Waals surface area contributed by atoms with Crippen molar-refractivity contribution in [3.63, 3.8) is 0 Å². The first kappa shape index (κ1) is 39.6. The summed E-state index contributed by atoms with van der Waals surface area (Å²) in [5, 5.41) is 17.6. The van der Waals surface area contributed by atoms with Gasteiger partial charge in [0, 0.05) is 12.8 Å². The van der Waals surface area contributed by atoms with E-state index >= 15 is 0 Å². The molecule has 2 unspecified atom stereocenters. The monoisotopic (exact) mass is 581 g/mol. The summed E-state index contributed by atoms with van der Waals surface area (Å²) in [4.78, 5) is 21.4. The lowest BCUT2D eigenvalue weighted by Gasteiger charge is -2.25. The highest BCUT2D eigenvalue weighted by atomic mass is 16.5. The fourth-order valence-corrected chi connectivity index (χ4v) is 5.54. The highest BCUT2D eigenvalue weighted by molar-refractivity contribution is 5.66.